The van der Waals surface area contributed by atoms with E-state index in [0.717, 1.165) is 54.1 Å². The highest BCUT2D eigenvalue weighted by Gasteiger charge is 2.30. The summed E-state index contributed by atoms with van der Waals surface area (Å²) in [5, 5.41) is 7.87. The van der Waals surface area contributed by atoms with Crippen LogP contribution in [0.1, 0.15) is 72.6 Å². The number of hydrogen-bond donors (Lipinski definition) is 2. The molecule has 4 aromatic rings. The molecule has 192 valence electrons. The van der Waals surface area contributed by atoms with Gasteiger partial charge in [0, 0.05) is 35.0 Å². The summed E-state index contributed by atoms with van der Waals surface area (Å²) in [6, 6.07) is 29.8. The summed E-state index contributed by atoms with van der Waals surface area (Å²) in [7, 11) is 0. The van der Waals surface area contributed by atoms with Crippen LogP contribution in [-0.2, 0) is 6.54 Å². The maximum atomic E-state index is 13.9. The Kier molecular flexibility index (Phi) is 8.05. The number of nitrogens with zero attached hydrogens (tertiary/aromatic N) is 1. The van der Waals surface area contributed by atoms with E-state index in [0.29, 0.717) is 0 Å². The molecule has 1 aliphatic rings. The van der Waals surface area contributed by atoms with Crippen LogP contribution >= 0.6 is 0 Å². The van der Waals surface area contributed by atoms with E-state index in [1.165, 1.54) is 30.4 Å². The second kappa shape index (κ2) is 11.8. The Bertz CT molecular complexity index is 1260. The molecule has 2 N–H and O–H groups in total. The van der Waals surface area contributed by atoms with Crippen molar-refractivity contribution in [2.45, 2.75) is 58.0 Å². The quantitative estimate of drug-likeness (QED) is 0.240. The third-order valence-electron chi connectivity index (χ3n) is 7.61. The van der Waals surface area contributed by atoms with Gasteiger partial charge in [-0.1, -0.05) is 85.3 Å². The smallest absolute Gasteiger partial charge is 0.268 e. The number of rotatable bonds is 10. The fourth-order valence-electron chi connectivity index (χ4n) is 5.91. The number of benzene rings is 3. The molecule has 0 saturated carbocycles. The molecule has 1 aromatic heterocycles. The van der Waals surface area contributed by atoms with Crippen molar-refractivity contribution in [3.05, 3.63) is 107 Å². The summed E-state index contributed by atoms with van der Waals surface area (Å²) in [5.74, 6) is 0.769. The van der Waals surface area contributed by atoms with E-state index >= 15 is 0 Å². The number of hydrogen-bond acceptors (Lipinski definition) is 2. The van der Waals surface area contributed by atoms with Crippen LogP contribution in [0.4, 0.5) is 0 Å². The molecule has 4 heteroatoms. The van der Waals surface area contributed by atoms with Crippen LogP contribution in [0.15, 0.2) is 84.9 Å². The minimum Gasteiger partial charge on any atom is -0.349 e. The van der Waals surface area contributed by atoms with Gasteiger partial charge in [-0.3, -0.25) is 4.79 Å². The number of fused-ring (bicyclic) bond motifs is 1. The molecule has 0 aliphatic carbocycles. The molecule has 1 atom stereocenters. The van der Waals surface area contributed by atoms with Gasteiger partial charge in [0.1, 0.15) is 5.69 Å². The van der Waals surface area contributed by atoms with Crippen LogP contribution < -0.4 is 10.6 Å². The van der Waals surface area contributed by atoms with Crippen molar-refractivity contribution in [3.63, 3.8) is 0 Å². The maximum Gasteiger partial charge on any atom is 0.268 e. The highest BCUT2D eigenvalue weighted by molar-refractivity contribution is 6.03. The van der Waals surface area contributed by atoms with Gasteiger partial charge >= 0.3 is 0 Å². The van der Waals surface area contributed by atoms with Crippen LogP contribution in [0.2, 0.25) is 0 Å². The van der Waals surface area contributed by atoms with Crippen LogP contribution in [0, 0.1) is 5.92 Å². The van der Waals surface area contributed by atoms with Crippen molar-refractivity contribution in [1.29, 1.82) is 0 Å². The molecule has 0 spiro atoms. The largest absolute Gasteiger partial charge is 0.349 e. The van der Waals surface area contributed by atoms with Crippen LogP contribution in [0.3, 0.4) is 0 Å². The Morgan fingerprint density at radius 1 is 0.919 bits per heavy atom. The monoisotopic (exact) mass is 493 g/mol. The number of unbranched alkanes of at least 4 members (excludes halogenated alkanes) is 1. The molecule has 2 heterocycles. The van der Waals surface area contributed by atoms with E-state index in [1.54, 1.807) is 0 Å². The Morgan fingerprint density at radius 3 is 2.19 bits per heavy atom. The molecule has 0 radical (unpaired) electrons. The molecule has 0 bridgehead atoms. The van der Waals surface area contributed by atoms with Crippen LogP contribution in [0.25, 0.3) is 10.9 Å². The van der Waals surface area contributed by atoms with Gasteiger partial charge < -0.3 is 15.2 Å². The van der Waals surface area contributed by atoms with Gasteiger partial charge in [-0.2, -0.15) is 0 Å². The molecular weight excluding hydrogens is 454 g/mol. The average molecular weight is 494 g/mol. The van der Waals surface area contributed by atoms with Crippen molar-refractivity contribution >= 4 is 16.8 Å². The van der Waals surface area contributed by atoms with E-state index < -0.39 is 0 Å². The Balaban J connectivity index is 1.63. The lowest BCUT2D eigenvalue weighted by atomic mass is 9.83. The Labute approximate surface area is 221 Å². The molecule has 1 unspecified atom stereocenters. The summed E-state index contributed by atoms with van der Waals surface area (Å²) in [6.45, 7) is 7.21. The van der Waals surface area contributed by atoms with E-state index in [2.05, 4.69) is 100 Å². The summed E-state index contributed by atoms with van der Waals surface area (Å²) in [4.78, 5) is 13.9. The Morgan fingerprint density at radius 2 is 1.57 bits per heavy atom. The van der Waals surface area contributed by atoms with Gasteiger partial charge in [0.25, 0.3) is 5.91 Å². The second-order valence-electron chi connectivity index (χ2n) is 10.7. The van der Waals surface area contributed by atoms with Crippen molar-refractivity contribution in [1.82, 2.24) is 15.2 Å². The SMILES string of the molecule is CC(C)NC(=O)c1c(C(c2ccccc2)c2ccccc2)c2ccccc2n1CCCCC1CCNC1. The summed E-state index contributed by atoms with van der Waals surface area (Å²) in [6.07, 6.45) is 4.79. The molecule has 3 aromatic carbocycles. The van der Waals surface area contributed by atoms with E-state index in [4.69, 9.17) is 0 Å². The first-order valence-corrected chi connectivity index (χ1v) is 13.9. The molecular formula is C33H39N3O. The standard InChI is InChI=1S/C33H39N3O/c1-24(2)35-33(37)32-31(30(26-14-5-3-6-15-26)27-16-7-4-8-17-27)28-18-9-10-19-29(28)36(32)22-12-11-13-25-20-21-34-23-25/h3-10,14-19,24-25,30,34H,11-13,20-23H2,1-2H3,(H,35,37). The summed E-state index contributed by atoms with van der Waals surface area (Å²) < 4.78 is 2.30. The highest BCUT2D eigenvalue weighted by atomic mass is 16.2. The Hall–Kier alpha value is -3.37. The van der Waals surface area contributed by atoms with E-state index in [9.17, 15) is 4.79 Å². The molecule has 37 heavy (non-hydrogen) atoms. The van der Waals surface area contributed by atoms with Gasteiger partial charge in [0.2, 0.25) is 0 Å². The zero-order chi connectivity index (χ0) is 25.6. The van der Waals surface area contributed by atoms with Gasteiger partial charge in [0.05, 0.1) is 0 Å². The number of nitrogens with one attached hydrogen (secondary N) is 2. The highest BCUT2D eigenvalue weighted by Crippen LogP contribution is 2.40. The lowest BCUT2D eigenvalue weighted by Crippen LogP contribution is -2.33. The first kappa shape index (κ1) is 25.3. The normalized spacial score (nSPS) is 15.6. The lowest BCUT2D eigenvalue weighted by Gasteiger charge is -2.21. The molecule has 4 nitrogen and oxygen atoms in total. The molecule has 5 rings (SSSR count). The van der Waals surface area contributed by atoms with Crippen molar-refractivity contribution in [2.75, 3.05) is 13.1 Å². The van der Waals surface area contributed by atoms with Gasteiger partial charge in [-0.15, -0.1) is 0 Å². The van der Waals surface area contributed by atoms with Gasteiger partial charge in [-0.05, 0) is 69.3 Å². The zero-order valence-corrected chi connectivity index (χ0v) is 22.1. The first-order valence-electron chi connectivity index (χ1n) is 13.9. The van der Waals surface area contributed by atoms with Crippen molar-refractivity contribution in [2.24, 2.45) is 5.92 Å². The van der Waals surface area contributed by atoms with Crippen LogP contribution in [-0.4, -0.2) is 29.6 Å². The van der Waals surface area contributed by atoms with Gasteiger partial charge in [-0.25, -0.2) is 0 Å². The summed E-state index contributed by atoms with van der Waals surface area (Å²) >= 11 is 0. The molecule has 1 fully saturated rings. The second-order valence-corrected chi connectivity index (χ2v) is 10.7. The third-order valence-corrected chi connectivity index (χ3v) is 7.61. The number of aryl methyl sites for hydroxylation is 1. The molecule has 1 amide bonds. The third kappa shape index (κ3) is 5.65. The van der Waals surface area contributed by atoms with Gasteiger partial charge in [0.15, 0.2) is 0 Å². The fourth-order valence-corrected chi connectivity index (χ4v) is 5.91. The molecule has 1 aliphatic heterocycles. The first-order chi connectivity index (χ1) is 18.1. The number of para-hydroxylation sites is 1. The topological polar surface area (TPSA) is 46.1 Å². The number of aromatic nitrogens is 1. The minimum atomic E-state index is -0.0361. The lowest BCUT2D eigenvalue weighted by molar-refractivity contribution is 0.0932. The summed E-state index contributed by atoms with van der Waals surface area (Å²) in [5.41, 5.74) is 5.44. The number of carbonyl (C=O) groups excluding carboxylic acids is 1. The number of carbonyl (C=O) groups is 1. The van der Waals surface area contributed by atoms with Crippen LogP contribution in [0.5, 0.6) is 0 Å². The van der Waals surface area contributed by atoms with Crippen molar-refractivity contribution in [3.8, 4) is 0 Å². The van der Waals surface area contributed by atoms with Crippen molar-refractivity contribution < 1.29 is 4.79 Å². The zero-order valence-electron chi connectivity index (χ0n) is 22.1. The predicted octanol–water partition coefficient (Wildman–Crippen LogP) is 6.74. The number of amides is 1. The fraction of sp³-hybridized carbons (Fsp3) is 0.364. The minimum absolute atomic E-state index is 0.0121. The average Bonchev–Trinajstić information content (AvgIpc) is 3.54. The van der Waals surface area contributed by atoms with E-state index in [1.807, 2.05) is 13.8 Å². The predicted molar refractivity (Wildman–Crippen MR) is 153 cm³/mol. The maximum absolute atomic E-state index is 13.9. The molecule has 1 saturated heterocycles. The van der Waals surface area contributed by atoms with E-state index in [-0.39, 0.29) is 17.9 Å².